The van der Waals surface area contributed by atoms with Crippen LogP contribution in [0.1, 0.15) is 15.9 Å². The van der Waals surface area contributed by atoms with Gasteiger partial charge in [0.05, 0.1) is 14.2 Å². The second kappa shape index (κ2) is 8.27. The summed E-state index contributed by atoms with van der Waals surface area (Å²) in [6, 6.07) is 20.4. The monoisotopic (exact) mass is 363 g/mol. The van der Waals surface area contributed by atoms with Crippen molar-refractivity contribution in [3.05, 3.63) is 77.9 Å². The molecule has 0 heterocycles. The molecule has 0 saturated carbocycles. The third kappa shape index (κ3) is 4.20. The number of phenolic OH excluding ortho intramolecular Hbond substituents is 1. The number of hydrogen-bond donors (Lipinski definition) is 2. The van der Waals surface area contributed by atoms with Gasteiger partial charge in [0.2, 0.25) is 5.75 Å². The predicted octanol–water partition coefficient (Wildman–Crippen LogP) is 4.01. The molecule has 0 atom stereocenters. The molecule has 0 fully saturated rings. The Bertz CT molecular complexity index is 896. The van der Waals surface area contributed by atoms with E-state index < -0.39 is 0 Å². The molecule has 5 nitrogen and oxygen atoms in total. The number of phenols is 1. The van der Waals surface area contributed by atoms with E-state index in [1.165, 1.54) is 14.2 Å². The van der Waals surface area contributed by atoms with Crippen molar-refractivity contribution in [2.45, 2.75) is 6.54 Å². The summed E-state index contributed by atoms with van der Waals surface area (Å²) in [5.41, 5.74) is 3.32. The number of aromatic hydroxyl groups is 1. The first kappa shape index (κ1) is 18.3. The molecule has 3 rings (SSSR count). The molecule has 0 bridgehead atoms. The van der Waals surface area contributed by atoms with Gasteiger partial charge >= 0.3 is 0 Å². The number of methoxy groups -OCH3 is 2. The molecular weight excluding hydrogens is 342 g/mol. The molecule has 2 N–H and O–H groups in total. The molecule has 0 spiro atoms. The summed E-state index contributed by atoms with van der Waals surface area (Å²) < 4.78 is 10.4. The van der Waals surface area contributed by atoms with Crippen LogP contribution in [-0.4, -0.2) is 25.2 Å². The molecule has 0 aliphatic heterocycles. The van der Waals surface area contributed by atoms with Crippen molar-refractivity contribution in [2.75, 3.05) is 14.2 Å². The van der Waals surface area contributed by atoms with E-state index in [0.717, 1.165) is 16.7 Å². The van der Waals surface area contributed by atoms with Gasteiger partial charge < -0.3 is 19.9 Å². The van der Waals surface area contributed by atoms with Gasteiger partial charge in [0.1, 0.15) is 0 Å². The van der Waals surface area contributed by atoms with Crippen LogP contribution in [-0.2, 0) is 6.54 Å². The second-order valence-electron chi connectivity index (χ2n) is 5.97. The van der Waals surface area contributed by atoms with Gasteiger partial charge in [0.15, 0.2) is 11.5 Å². The lowest BCUT2D eigenvalue weighted by atomic mass is 10.0. The minimum Gasteiger partial charge on any atom is -0.502 e. The zero-order chi connectivity index (χ0) is 19.2. The van der Waals surface area contributed by atoms with Crippen molar-refractivity contribution in [3.8, 4) is 28.4 Å². The molecular formula is C22H21NO4. The molecule has 5 heteroatoms. The second-order valence-corrected chi connectivity index (χ2v) is 5.97. The first-order valence-corrected chi connectivity index (χ1v) is 8.50. The van der Waals surface area contributed by atoms with Crippen LogP contribution in [0.4, 0.5) is 0 Å². The molecule has 0 aliphatic rings. The predicted molar refractivity (Wildman–Crippen MR) is 104 cm³/mol. The summed E-state index contributed by atoms with van der Waals surface area (Å²) in [4.78, 5) is 12.3. The number of nitrogens with one attached hydrogen (secondary N) is 1. The molecule has 27 heavy (non-hydrogen) atoms. The van der Waals surface area contributed by atoms with Crippen molar-refractivity contribution >= 4 is 5.91 Å². The van der Waals surface area contributed by atoms with E-state index in [1.54, 1.807) is 24.3 Å². The summed E-state index contributed by atoms with van der Waals surface area (Å²) in [5.74, 6) is 0.481. The van der Waals surface area contributed by atoms with Gasteiger partial charge in [-0.15, -0.1) is 0 Å². The van der Waals surface area contributed by atoms with Crippen molar-refractivity contribution in [3.63, 3.8) is 0 Å². The van der Waals surface area contributed by atoms with Crippen molar-refractivity contribution in [1.82, 2.24) is 5.32 Å². The Balaban J connectivity index is 1.76. The third-order valence-corrected chi connectivity index (χ3v) is 4.26. The third-order valence-electron chi connectivity index (χ3n) is 4.26. The number of rotatable bonds is 6. The molecule has 0 unspecified atom stereocenters. The van der Waals surface area contributed by atoms with Crippen LogP contribution < -0.4 is 14.8 Å². The minimum absolute atomic E-state index is 0.0411. The normalized spacial score (nSPS) is 10.3. The minimum atomic E-state index is -0.133. The van der Waals surface area contributed by atoms with Crippen LogP contribution in [0, 0.1) is 0 Å². The number of ether oxygens (including phenoxy) is 2. The Morgan fingerprint density at radius 3 is 2.04 bits per heavy atom. The van der Waals surface area contributed by atoms with Gasteiger partial charge in [0.25, 0.3) is 5.91 Å². The fourth-order valence-electron chi connectivity index (χ4n) is 2.75. The quantitative estimate of drug-likeness (QED) is 0.694. The van der Waals surface area contributed by atoms with Crippen LogP contribution in [0.5, 0.6) is 17.2 Å². The van der Waals surface area contributed by atoms with Gasteiger partial charge in [-0.3, -0.25) is 4.79 Å². The van der Waals surface area contributed by atoms with Gasteiger partial charge in [0, 0.05) is 12.1 Å². The highest BCUT2D eigenvalue weighted by Crippen LogP contribution is 2.40. The van der Waals surface area contributed by atoms with E-state index in [0.29, 0.717) is 23.6 Å². The lowest BCUT2D eigenvalue weighted by Gasteiger charge is -2.12. The lowest BCUT2D eigenvalue weighted by molar-refractivity contribution is 0.0951. The van der Waals surface area contributed by atoms with E-state index >= 15 is 0 Å². The van der Waals surface area contributed by atoms with E-state index in [4.69, 9.17) is 9.47 Å². The maximum atomic E-state index is 12.3. The standard InChI is InChI=1S/C22H21NO4/c1-26-19-12-18(13-20(27-2)21(19)24)16-8-10-17(11-9-16)22(25)23-14-15-6-4-3-5-7-15/h3-13,24H,14H2,1-2H3,(H,23,25). The summed E-state index contributed by atoms with van der Waals surface area (Å²) in [7, 11) is 2.97. The highest BCUT2D eigenvalue weighted by Gasteiger charge is 2.13. The summed E-state index contributed by atoms with van der Waals surface area (Å²) in [6.07, 6.45) is 0. The molecule has 138 valence electrons. The topological polar surface area (TPSA) is 67.8 Å². The van der Waals surface area contributed by atoms with Crippen molar-refractivity contribution in [2.24, 2.45) is 0 Å². The Morgan fingerprint density at radius 1 is 0.889 bits per heavy atom. The van der Waals surface area contributed by atoms with Gasteiger partial charge in [-0.05, 0) is 41.0 Å². The molecule has 0 aromatic heterocycles. The SMILES string of the molecule is COc1cc(-c2ccc(C(=O)NCc3ccccc3)cc2)cc(OC)c1O. The smallest absolute Gasteiger partial charge is 0.251 e. The maximum Gasteiger partial charge on any atom is 0.251 e. The van der Waals surface area contributed by atoms with E-state index in [1.807, 2.05) is 42.5 Å². The number of amides is 1. The average Bonchev–Trinajstić information content (AvgIpc) is 2.73. The van der Waals surface area contributed by atoms with Crippen LogP contribution in [0.15, 0.2) is 66.7 Å². The van der Waals surface area contributed by atoms with Crippen molar-refractivity contribution in [1.29, 1.82) is 0 Å². The van der Waals surface area contributed by atoms with Crippen LogP contribution in [0.2, 0.25) is 0 Å². The maximum absolute atomic E-state index is 12.3. The van der Waals surface area contributed by atoms with E-state index in [-0.39, 0.29) is 11.7 Å². The first-order valence-electron chi connectivity index (χ1n) is 8.50. The number of carbonyl (C=O) groups is 1. The summed E-state index contributed by atoms with van der Waals surface area (Å²) in [5, 5.41) is 12.9. The zero-order valence-electron chi connectivity index (χ0n) is 15.2. The van der Waals surface area contributed by atoms with Crippen LogP contribution in [0.3, 0.4) is 0 Å². The fraction of sp³-hybridized carbons (Fsp3) is 0.136. The Hall–Kier alpha value is -3.47. The Labute approximate surface area is 158 Å². The van der Waals surface area contributed by atoms with Crippen LogP contribution in [0.25, 0.3) is 11.1 Å². The molecule has 3 aromatic rings. The van der Waals surface area contributed by atoms with E-state index in [9.17, 15) is 9.90 Å². The van der Waals surface area contributed by atoms with Gasteiger partial charge in [-0.1, -0.05) is 42.5 Å². The molecule has 0 radical (unpaired) electrons. The molecule has 3 aromatic carbocycles. The Morgan fingerprint density at radius 2 is 1.48 bits per heavy atom. The summed E-state index contributed by atoms with van der Waals surface area (Å²) in [6.45, 7) is 0.480. The van der Waals surface area contributed by atoms with Gasteiger partial charge in [-0.2, -0.15) is 0 Å². The molecule has 0 saturated heterocycles. The van der Waals surface area contributed by atoms with Gasteiger partial charge in [-0.25, -0.2) is 0 Å². The molecule has 1 amide bonds. The number of benzene rings is 3. The Kier molecular flexibility index (Phi) is 5.61. The highest BCUT2D eigenvalue weighted by molar-refractivity contribution is 5.94. The lowest BCUT2D eigenvalue weighted by Crippen LogP contribution is -2.22. The highest BCUT2D eigenvalue weighted by atomic mass is 16.5. The number of carbonyl (C=O) groups excluding carboxylic acids is 1. The summed E-state index contributed by atoms with van der Waals surface area (Å²) >= 11 is 0. The first-order chi connectivity index (χ1) is 13.1. The number of hydrogen-bond acceptors (Lipinski definition) is 4. The van der Waals surface area contributed by atoms with E-state index in [2.05, 4.69) is 5.32 Å². The van der Waals surface area contributed by atoms with Crippen molar-refractivity contribution < 1.29 is 19.4 Å². The van der Waals surface area contributed by atoms with Crippen LogP contribution >= 0.6 is 0 Å². The molecule has 0 aliphatic carbocycles. The largest absolute Gasteiger partial charge is 0.502 e. The average molecular weight is 363 g/mol. The fourth-order valence-corrected chi connectivity index (χ4v) is 2.75. The zero-order valence-corrected chi connectivity index (χ0v) is 15.2.